The zero-order valence-electron chi connectivity index (χ0n) is 11.5. The highest BCUT2D eigenvalue weighted by Crippen LogP contribution is 2.16. The summed E-state index contributed by atoms with van der Waals surface area (Å²) in [7, 11) is 0. The SMILES string of the molecule is CC(C)(C)OC(=O)C(C#N)=Cc1ccccc1C(=O)O. The molecule has 1 aromatic rings. The fourth-order valence-electron chi connectivity index (χ4n) is 1.44. The van der Waals surface area contributed by atoms with Crippen LogP contribution in [0.1, 0.15) is 36.7 Å². The molecule has 0 spiro atoms. The largest absolute Gasteiger partial charge is 0.478 e. The molecule has 104 valence electrons. The predicted molar refractivity (Wildman–Crippen MR) is 72.8 cm³/mol. The lowest BCUT2D eigenvalue weighted by Gasteiger charge is -2.19. The van der Waals surface area contributed by atoms with Crippen LogP contribution in [0.2, 0.25) is 0 Å². The van der Waals surface area contributed by atoms with Gasteiger partial charge in [-0.1, -0.05) is 18.2 Å². The molecule has 0 heterocycles. The molecule has 0 bridgehead atoms. The molecule has 1 rings (SSSR count). The van der Waals surface area contributed by atoms with Crippen LogP contribution in [0.15, 0.2) is 29.8 Å². The van der Waals surface area contributed by atoms with Crippen molar-refractivity contribution in [3.05, 3.63) is 41.0 Å². The topological polar surface area (TPSA) is 87.4 Å². The van der Waals surface area contributed by atoms with E-state index in [9.17, 15) is 9.59 Å². The van der Waals surface area contributed by atoms with Gasteiger partial charge in [0.05, 0.1) is 5.56 Å². The second-order valence-electron chi connectivity index (χ2n) is 5.06. The van der Waals surface area contributed by atoms with Gasteiger partial charge in [-0.15, -0.1) is 0 Å². The van der Waals surface area contributed by atoms with Crippen molar-refractivity contribution < 1.29 is 19.4 Å². The van der Waals surface area contributed by atoms with Gasteiger partial charge in [0, 0.05) is 0 Å². The number of carboxylic acid groups (broad SMARTS) is 1. The zero-order chi connectivity index (χ0) is 15.3. The Hall–Kier alpha value is -2.61. The van der Waals surface area contributed by atoms with Crippen molar-refractivity contribution in [2.24, 2.45) is 0 Å². The third-order valence-electron chi connectivity index (χ3n) is 2.23. The first-order chi connectivity index (χ1) is 9.24. The Morgan fingerprint density at radius 2 is 1.90 bits per heavy atom. The fraction of sp³-hybridized carbons (Fsp3) is 0.267. The van der Waals surface area contributed by atoms with Gasteiger partial charge in [-0.2, -0.15) is 5.26 Å². The Labute approximate surface area is 117 Å². The number of nitriles is 1. The number of carbonyl (C=O) groups is 2. The predicted octanol–water partition coefficient (Wildman–Crippen LogP) is 2.63. The summed E-state index contributed by atoms with van der Waals surface area (Å²) in [6.45, 7) is 5.06. The second-order valence-corrected chi connectivity index (χ2v) is 5.06. The van der Waals surface area contributed by atoms with Crippen LogP contribution < -0.4 is 0 Å². The summed E-state index contributed by atoms with van der Waals surface area (Å²) in [6, 6.07) is 7.85. The van der Waals surface area contributed by atoms with E-state index in [-0.39, 0.29) is 16.7 Å². The van der Waals surface area contributed by atoms with Crippen LogP contribution in [-0.2, 0) is 9.53 Å². The molecule has 0 amide bonds. The third-order valence-corrected chi connectivity index (χ3v) is 2.23. The van der Waals surface area contributed by atoms with Gasteiger partial charge in [0.1, 0.15) is 17.2 Å². The summed E-state index contributed by atoms with van der Waals surface area (Å²) in [5.74, 6) is -1.90. The van der Waals surface area contributed by atoms with E-state index in [1.807, 2.05) is 0 Å². The summed E-state index contributed by atoms with van der Waals surface area (Å²) >= 11 is 0. The number of ether oxygens (including phenoxy) is 1. The van der Waals surface area contributed by atoms with E-state index in [4.69, 9.17) is 15.1 Å². The molecular weight excluding hydrogens is 258 g/mol. The number of hydrogen-bond donors (Lipinski definition) is 1. The first kappa shape index (κ1) is 15.4. The molecule has 0 fully saturated rings. The van der Waals surface area contributed by atoms with Crippen molar-refractivity contribution >= 4 is 18.0 Å². The fourth-order valence-corrected chi connectivity index (χ4v) is 1.44. The molecule has 0 saturated heterocycles. The van der Waals surface area contributed by atoms with Crippen molar-refractivity contribution in [1.29, 1.82) is 5.26 Å². The molecule has 0 aliphatic carbocycles. The summed E-state index contributed by atoms with van der Waals surface area (Å²) in [4.78, 5) is 22.9. The van der Waals surface area contributed by atoms with Crippen molar-refractivity contribution in [1.82, 2.24) is 0 Å². The molecule has 5 nitrogen and oxygen atoms in total. The number of rotatable bonds is 3. The smallest absolute Gasteiger partial charge is 0.349 e. The van der Waals surface area contributed by atoms with Gasteiger partial charge in [-0.05, 0) is 38.5 Å². The lowest BCUT2D eigenvalue weighted by Crippen LogP contribution is -2.24. The monoisotopic (exact) mass is 273 g/mol. The molecule has 0 aliphatic heterocycles. The maximum absolute atomic E-state index is 11.8. The maximum Gasteiger partial charge on any atom is 0.349 e. The van der Waals surface area contributed by atoms with E-state index in [1.54, 1.807) is 39.0 Å². The standard InChI is InChI=1S/C15H15NO4/c1-15(2,3)20-14(19)11(9-16)8-10-6-4-5-7-12(10)13(17)18/h4-8H,1-3H3,(H,17,18). The third kappa shape index (κ3) is 4.25. The lowest BCUT2D eigenvalue weighted by molar-refractivity contribution is -0.149. The van der Waals surface area contributed by atoms with E-state index in [1.165, 1.54) is 18.2 Å². The van der Waals surface area contributed by atoms with Gasteiger partial charge in [0.15, 0.2) is 0 Å². The number of carbonyl (C=O) groups excluding carboxylic acids is 1. The molecular formula is C15H15NO4. The molecule has 0 saturated carbocycles. The van der Waals surface area contributed by atoms with Crippen LogP contribution in [0.5, 0.6) is 0 Å². The van der Waals surface area contributed by atoms with Crippen LogP contribution in [0.3, 0.4) is 0 Å². The van der Waals surface area contributed by atoms with Crippen LogP contribution in [0.25, 0.3) is 6.08 Å². The number of aromatic carboxylic acids is 1. The number of benzene rings is 1. The first-order valence-corrected chi connectivity index (χ1v) is 5.92. The van der Waals surface area contributed by atoms with E-state index >= 15 is 0 Å². The highest BCUT2D eigenvalue weighted by Gasteiger charge is 2.20. The number of carboxylic acids is 1. The molecule has 0 radical (unpaired) electrons. The number of esters is 1. The average molecular weight is 273 g/mol. The minimum absolute atomic E-state index is 0.0174. The van der Waals surface area contributed by atoms with Gasteiger partial charge >= 0.3 is 11.9 Å². The summed E-state index contributed by atoms with van der Waals surface area (Å²) in [5, 5.41) is 18.1. The van der Waals surface area contributed by atoms with Gasteiger partial charge in [0.2, 0.25) is 0 Å². The van der Waals surface area contributed by atoms with Crippen LogP contribution in [0.4, 0.5) is 0 Å². The molecule has 1 aromatic carbocycles. The van der Waals surface area contributed by atoms with Crippen LogP contribution in [0, 0.1) is 11.3 Å². The number of nitrogens with zero attached hydrogens (tertiary/aromatic N) is 1. The molecule has 0 aromatic heterocycles. The highest BCUT2D eigenvalue weighted by atomic mass is 16.6. The second kappa shape index (κ2) is 6.02. The van der Waals surface area contributed by atoms with E-state index < -0.39 is 17.5 Å². The van der Waals surface area contributed by atoms with E-state index in [0.717, 1.165) is 0 Å². The molecule has 5 heteroatoms. The summed E-state index contributed by atoms with van der Waals surface area (Å²) in [6.07, 6.45) is 1.22. The van der Waals surface area contributed by atoms with Crippen LogP contribution in [-0.4, -0.2) is 22.6 Å². The number of hydrogen-bond acceptors (Lipinski definition) is 4. The zero-order valence-corrected chi connectivity index (χ0v) is 11.5. The van der Waals surface area contributed by atoms with Gasteiger partial charge in [0.25, 0.3) is 0 Å². The van der Waals surface area contributed by atoms with Crippen molar-refractivity contribution in [3.8, 4) is 6.07 Å². The minimum Gasteiger partial charge on any atom is -0.478 e. The molecule has 0 unspecified atom stereocenters. The van der Waals surface area contributed by atoms with Crippen LogP contribution >= 0.6 is 0 Å². The Bertz CT molecular complexity index is 603. The Kier molecular flexibility index (Phi) is 4.65. The molecule has 0 aliphatic rings. The van der Waals surface area contributed by atoms with Crippen molar-refractivity contribution in [2.75, 3.05) is 0 Å². The Balaban J connectivity index is 3.17. The molecule has 1 N–H and O–H groups in total. The van der Waals surface area contributed by atoms with Gasteiger partial charge in [-0.25, -0.2) is 9.59 Å². The molecule has 0 atom stereocenters. The van der Waals surface area contributed by atoms with Gasteiger partial charge in [-0.3, -0.25) is 0 Å². The summed E-state index contributed by atoms with van der Waals surface area (Å²) < 4.78 is 5.09. The van der Waals surface area contributed by atoms with Crippen molar-refractivity contribution in [3.63, 3.8) is 0 Å². The van der Waals surface area contributed by atoms with E-state index in [0.29, 0.717) is 0 Å². The highest BCUT2D eigenvalue weighted by molar-refractivity contribution is 6.00. The Morgan fingerprint density at radius 3 is 2.40 bits per heavy atom. The normalized spacial score (nSPS) is 11.6. The first-order valence-electron chi connectivity index (χ1n) is 5.92. The minimum atomic E-state index is -1.13. The van der Waals surface area contributed by atoms with Crippen molar-refractivity contribution in [2.45, 2.75) is 26.4 Å². The van der Waals surface area contributed by atoms with Gasteiger partial charge < -0.3 is 9.84 Å². The van der Waals surface area contributed by atoms with E-state index in [2.05, 4.69) is 0 Å². The average Bonchev–Trinajstić information content (AvgIpc) is 2.33. The Morgan fingerprint density at radius 1 is 1.30 bits per heavy atom. The summed E-state index contributed by atoms with van der Waals surface area (Å²) in [5.41, 5.74) is -0.667. The maximum atomic E-state index is 11.8. The molecule has 20 heavy (non-hydrogen) atoms. The lowest BCUT2D eigenvalue weighted by atomic mass is 10.0. The quantitative estimate of drug-likeness (QED) is 0.519.